The summed E-state index contributed by atoms with van der Waals surface area (Å²) < 4.78 is 34.3. The average Bonchev–Trinajstić information content (AvgIpc) is 2.77. The molecule has 0 unspecified atom stereocenters. The van der Waals surface area contributed by atoms with Gasteiger partial charge in [-0.15, -0.1) is 0 Å². The number of aryl methyl sites for hydroxylation is 1. The minimum Gasteiger partial charge on any atom is -0.497 e. The molecule has 3 aromatic rings. The van der Waals surface area contributed by atoms with Crippen LogP contribution in [0.25, 0.3) is 5.70 Å². The Hall–Kier alpha value is -3.27. The molecule has 0 aliphatic carbocycles. The highest BCUT2D eigenvalue weighted by atomic mass is 32.2. The fourth-order valence-electron chi connectivity index (χ4n) is 3.14. The summed E-state index contributed by atoms with van der Waals surface area (Å²) in [6, 6.07) is 23.8. The number of rotatable bonds is 7. The fraction of sp³-hybridized carbons (Fsp3) is 0.192. The largest absolute Gasteiger partial charge is 0.497 e. The number of nitrogens with zero attached hydrogens (tertiary/aromatic N) is 1. The van der Waals surface area contributed by atoms with Gasteiger partial charge in [-0.1, -0.05) is 53.8 Å². The lowest BCUT2D eigenvalue weighted by molar-refractivity contribution is 0.414. The van der Waals surface area contributed by atoms with Gasteiger partial charge in [0.15, 0.2) is 0 Å². The van der Waals surface area contributed by atoms with Crippen LogP contribution in [0.4, 0.5) is 0 Å². The smallest absolute Gasteiger partial charge is 0.265 e. The maximum absolute atomic E-state index is 13.8. The molecule has 160 valence electrons. The molecular formula is C26H27NO3S. The van der Waals surface area contributed by atoms with Crippen molar-refractivity contribution in [1.82, 2.24) is 4.31 Å². The molecule has 4 nitrogen and oxygen atoms in total. The topological polar surface area (TPSA) is 46.6 Å². The van der Waals surface area contributed by atoms with E-state index in [1.165, 1.54) is 4.31 Å². The number of methoxy groups -OCH3 is 1. The summed E-state index contributed by atoms with van der Waals surface area (Å²) in [5, 5.41) is 0. The van der Waals surface area contributed by atoms with Gasteiger partial charge in [-0.25, -0.2) is 8.42 Å². The van der Waals surface area contributed by atoms with Crippen molar-refractivity contribution in [2.24, 2.45) is 0 Å². The third-order valence-electron chi connectivity index (χ3n) is 4.76. The number of allylic oxidation sites excluding steroid dienone is 1. The lowest BCUT2D eigenvalue weighted by Gasteiger charge is -2.26. The number of benzene rings is 3. The monoisotopic (exact) mass is 433 g/mol. The number of sulfonamides is 1. The Morgan fingerprint density at radius 3 is 2.06 bits per heavy atom. The number of hydrogen-bond donors (Lipinski definition) is 0. The molecule has 5 heteroatoms. The molecular weight excluding hydrogens is 406 g/mol. The van der Waals surface area contributed by atoms with Crippen molar-refractivity contribution in [3.05, 3.63) is 107 Å². The second kappa shape index (κ2) is 9.69. The summed E-state index contributed by atoms with van der Waals surface area (Å²) in [6.07, 6.45) is 0. The zero-order valence-corrected chi connectivity index (χ0v) is 19.1. The van der Waals surface area contributed by atoms with Crippen LogP contribution in [0.15, 0.2) is 95.1 Å². The second-order valence-corrected chi connectivity index (χ2v) is 9.37. The van der Waals surface area contributed by atoms with E-state index in [0.29, 0.717) is 11.4 Å². The fourth-order valence-corrected chi connectivity index (χ4v) is 4.58. The van der Waals surface area contributed by atoms with Crippen LogP contribution in [-0.4, -0.2) is 19.8 Å². The molecule has 0 heterocycles. The third kappa shape index (κ3) is 5.46. The molecule has 0 fully saturated rings. The van der Waals surface area contributed by atoms with E-state index in [4.69, 9.17) is 4.74 Å². The van der Waals surface area contributed by atoms with Crippen LogP contribution in [-0.2, 0) is 16.6 Å². The maximum atomic E-state index is 13.8. The van der Waals surface area contributed by atoms with Crippen molar-refractivity contribution in [3.63, 3.8) is 0 Å². The molecule has 0 aliphatic rings. The van der Waals surface area contributed by atoms with E-state index >= 15 is 0 Å². The molecule has 3 aromatic carbocycles. The van der Waals surface area contributed by atoms with E-state index in [0.717, 1.165) is 22.3 Å². The summed E-state index contributed by atoms with van der Waals surface area (Å²) in [5.41, 5.74) is 7.29. The molecule has 0 spiro atoms. The molecule has 0 N–H and O–H groups in total. The van der Waals surface area contributed by atoms with Crippen molar-refractivity contribution in [2.45, 2.75) is 32.2 Å². The number of hydrogen-bond acceptors (Lipinski definition) is 3. The molecule has 0 aliphatic heterocycles. The van der Waals surface area contributed by atoms with E-state index < -0.39 is 10.0 Å². The van der Waals surface area contributed by atoms with Crippen LogP contribution >= 0.6 is 0 Å². The first-order valence-corrected chi connectivity index (χ1v) is 11.5. The van der Waals surface area contributed by atoms with E-state index in [9.17, 15) is 8.42 Å². The Kier molecular flexibility index (Phi) is 7.01. The zero-order valence-electron chi connectivity index (χ0n) is 18.3. The molecule has 0 saturated carbocycles. The first-order chi connectivity index (χ1) is 14.8. The normalized spacial score (nSPS) is 10.8. The van der Waals surface area contributed by atoms with Crippen molar-refractivity contribution in [1.29, 1.82) is 0 Å². The maximum Gasteiger partial charge on any atom is 0.265 e. The van der Waals surface area contributed by atoms with Gasteiger partial charge >= 0.3 is 0 Å². The van der Waals surface area contributed by atoms with E-state index in [2.05, 4.69) is 5.73 Å². The zero-order chi connectivity index (χ0) is 22.4. The highest BCUT2D eigenvalue weighted by Crippen LogP contribution is 2.30. The summed E-state index contributed by atoms with van der Waals surface area (Å²) in [6.45, 7) is 5.94. The quantitative estimate of drug-likeness (QED) is 0.442. The predicted octanol–water partition coefficient (Wildman–Crippen LogP) is 5.80. The minimum atomic E-state index is -3.84. The predicted molar refractivity (Wildman–Crippen MR) is 125 cm³/mol. The van der Waals surface area contributed by atoms with Crippen LogP contribution in [0.1, 0.15) is 30.5 Å². The van der Waals surface area contributed by atoms with Gasteiger partial charge < -0.3 is 4.74 Å². The van der Waals surface area contributed by atoms with E-state index in [-0.39, 0.29) is 11.4 Å². The number of ether oxygens (including phenoxy) is 1. The van der Waals surface area contributed by atoms with Gasteiger partial charge in [0.1, 0.15) is 11.4 Å². The third-order valence-corrected chi connectivity index (χ3v) is 6.52. The SMILES string of the molecule is COc1ccc(C(=C=C(C)C)N(Cc2ccccc2)S(=O)(=O)c2ccc(C)cc2)cc1. The first-order valence-electron chi connectivity index (χ1n) is 10.0. The molecule has 0 amide bonds. The van der Waals surface area contributed by atoms with E-state index in [1.54, 1.807) is 19.2 Å². The summed E-state index contributed by atoms with van der Waals surface area (Å²) in [5.74, 6) is 0.705. The van der Waals surface area contributed by atoms with Crippen LogP contribution < -0.4 is 4.74 Å². The molecule has 31 heavy (non-hydrogen) atoms. The van der Waals surface area contributed by atoms with Gasteiger partial charge in [-0.05, 0) is 68.3 Å². The van der Waals surface area contributed by atoms with Crippen LogP contribution in [0.5, 0.6) is 5.75 Å². The Morgan fingerprint density at radius 1 is 0.903 bits per heavy atom. The summed E-state index contributed by atoms with van der Waals surface area (Å²) in [7, 11) is -2.23. The van der Waals surface area contributed by atoms with Gasteiger partial charge in [-0.3, -0.25) is 4.31 Å². The summed E-state index contributed by atoms with van der Waals surface area (Å²) in [4.78, 5) is 0.246. The molecule has 0 saturated heterocycles. The molecule has 0 radical (unpaired) electrons. The van der Waals surface area contributed by atoms with Crippen molar-refractivity contribution < 1.29 is 13.2 Å². The second-order valence-electron chi connectivity index (χ2n) is 7.51. The average molecular weight is 434 g/mol. The Labute approximate surface area is 185 Å². The van der Waals surface area contributed by atoms with Gasteiger partial charge in [0.25, 0.3) is 10.0 Å². The van der Waals surface area contributed by atoms with Crippen LogP contribution in [0, 0.1) is 6.92 Å². The summed E-state index contributed by atoms with van der Waals surface area (Å²) >= 11 is 0. The minimum absolute atomic E-state index is 0.193. The van der Waals surface area contributed by atoms with Gasteiger partial charge in [0.2, 0.25) is 0 Å². The van der Waals surface area contributed by atoms with Crippen molar-refractivity contribution in [3.8, 4) is 5.75 Å². The highest BCUT2D eigenvalue weighted by Gasteiger charge is 2.28. The first kappa shape index (κ1) is 22.4. The van der Waals surface area contributed by atoms with Crippen molar-refractivity contribution >= 4 is 15.7 Å². The van der Waals surface area contributed by atoms with Gasteiger partial charge in [-0.2, -0.15) is 0 Å². The highest BCUT2D eigenvalue weighted by molar-refractivity contribution is 7.89. The Morgan fingerprint density at radius 2 is 1.52 bits per heavy atom. The molecule has 3 rings (SSSR count). The molecule has 0 bridgehead atoms. The van der Waals surface area contributed by atoms with Gasteiger partial charge in [0, 0.05) is 5.56 Å². The Balaban J connectivity index is 2.21. The van der Waals surface area contributed by atoms with Crippen molar-refractivity contribution in [2.75, 3.05) is 7.11 Å². The standard InChI is InChI=1S/C26H27NO3S/c1-20(2)18-26(23-12-14-24(30-4)15-13-23)27(19-22-8-6-5-7-9-22)31(28,29)25-16-10-21(3)11-17-25/h5-17H,19H2,1-4H3. The van der Waals surface area contributed by atoms with Crippen LogP contribution in [0.2, 0.25) is 0 Å². The van der Waals surface area contributed by atoms with Crippen LogP contribution in [0.3, 0.4) is 0 Å². The van der Waals surface area contributed by atoms with E-state index in [1.807, 2.05) is 87.5 Å². The van der Waals surface area contributed by atoms with Gasteiger partial charge in [0.05, 0.1) is 18.6 Å². The Bertz CT molecular complexity index is 1190. The molecule has 0 aromatic heterocycles. The lowest BCUT2D eigenvalue weighted by Crippen LogP contribution is -2.29. The lowest BCUT2D eigenvalue weighted by atomic mass is 10.1. The molecule has 0 atom stereocenters.